The molecular weight excluding hydrogens is 371 g/mol. The molecule has 2 aromatic rings. The Bertz CT molecular complexity index is 944. The lowest BCUT2D eigenvalue weighted by Gasteiger charge is -2.05. The van der Waals surface area contributed by atoms with Crippen LogP contribution in [0.4, 0.5) is 10.1 Å². The fourth-order valence-electron chi connectivity index (χ4n) is 2.52. The number of para-hydroxylation sites is 1. The summed E-state index contributed by atoms with van der Waals surface area (Å²) in [6.07, 6.45) is 0.216. The first kappa shape index (κ1) is 18.7. The van der Waals surface area contributed by atoms with Gasteiger partial charge in [-0.1, -0.05) is 42.1 Å². The van der Waals surface area contributed by atoms with Gasteiger partial charge in [-0.05, 0) is 24.6 Å². The summed E-state index contributed by atoms with van der Waals surface area (Å²) in [5.41, 5.74) is 1.76. The van der Waals surface area contributed by atoms with Crippen molar-refractivity contribution in [3.63, 3.8) is 0 Å². The van der Waals surface area contributed by atoms with E-state index in [1.54, 1.807) is 37.3 Å². The first-order valence-electron chi connectivity index (χ1n) is 8.02. The fourth-order valence-corrected chi connectivity index (χ4v) is 3.46. The topological polar surface area (TPSA) is 97.0 Å². The highest BCUT2D eigenvalue weighted by atomic mass is 32.2. The third-order valence-corrected chi connectivity index (χ3v) is 5.00. The molecule has 9 heteroatoms. The summed E-state index contributed by atoms with van der Waals surface area (Å²) >= 11 is 1.17. The molecule has 1 N–H and O–H groups in total. The standard InChI is InChI=1S/C18H15FN4O3S/c1-11(12-6-8-14(19)9-7-12)21-22-18-20-17(24)16(27-18)10-13-4-2-3-5-15(13)23(25)26/h2-9,16H,10H2,1H3,(H,20,22,24)/t16-/m0/s1. The van der Waals surface area contributed by atoms with Gasteiger partial charge in [0.2, 0.25) is 5.91 Å². The molecular formula is C18H15FN4O3S. The predicted octanol–water partition coefficient (Wildman–Crippen LogP) is 3.29. The summed E-state index contributed by atoms with van der Waals surface area (Å²) in [5.74, 6) is -0.610. The molecule has 1 heterocycles. The third kappa shape index (κ3) is 4.56. The first-order chi connectivity index (χ1) is 12.9. The molecule has 1 aliphatic rings. The number of amides is 1. The summed E-state index contributed by atoms with van der Waals surface area (Å²) in [6.45, 7) is 1.73. The Balaban J connectivity index is 1.72. The van der Waals surface area contributed by atoms with Gasteiger partial charge < -0.3 is 5.32 Å². The zero-order valence-electron chi connectivity index (χ0n) is 14.3. The number of carbonyl (C=O) groups excluding carboxylic acids is 1. The van der Waals surface area contributed by atoms with E-state index in [1.807, 2.05) is 0 Å². The van der Waals surface area contributed by atoms with E-state index in [9.17, 15) is 19.3 Å². The first-order valence-corrected chi connectivity index (χ1v) is 8.90. The van der Waals surface area contributed by atoms with Crippen molar-refractivity contribution in [1.29, 1.82) is 0 Å². The molecule has 0 aromatic heterocycles. The zero-order valence-corrected chi connectivity index (χ0v) is 15.1. The van der Waals surface area contributed by atoms with Gasteiger partial charge in [-0.25, -0.2) is 4.39 Å². The van der Waals surface area contributed by atoms with E-state index in [1.165, 1.54) is 30.0 Å². The van der Waals surface area contributed by atoms with Crippen LogP contribution in [0.25, 0.3) is 0 Å². The van der Waals surface area contributed by atoms with Crippen LogP contribution < -0.4 is 5.32 Å². The summed E-state index contributed by atoms with van der Waals surface area (Å²) in [7, 11) is 0. The Hall–Kier alpha value is -3.07. The van der Waals surface area contributed by atoms with Crippen LogP contribution in [0.3, 0.4) is 0 Å². The number of halogens is 1. The molecule has 0 aliphatic carbocycles. The summed E-state index contributed by atoms with van der Waals surface area (Å²) in [4.78, 5) is 22.8. The molecule has 1 saturated heterocycles. The number of carbonyl (C=O) groups is 1. The molecule has 0 bridgehead atoms. The molecule has 1 amide bonds. The number of nitrogens with zero attached hydrogens (tertiary/aromatic N) is 3. The van der Waals surface area contributed by atoms with Crippen LogP contribution in [0, 0.1) is 15.9 Å². The van der Waals surface area contributed by atoms with Crippen molar-refractivity contribution in [3.8, 4) is 0 Å². The van der Waals surface area contributed by atoms with E-state index in [0.717, 1.165) is 0 Å². The van der Waals surface area contributed by atoms with E-state index < -0.39 is 10.2 Å². The normalized spacial score (nSPS) is 18.6. The maximum absolute atomic E-state index is 13.0. The van der Waals surface area contributed by atoms with Gasteiger partial charge in [0.25, 0.3) is 5.69 Å². The van der Waals surface area contributed by atoms with E-state index in [0.29, 0.717) is 22.0 Å². The molecule has 7 nitrogen and oxygen atoms in total. The molecule has 3 rings (SSSR count). The number of thioether (sulfide) groups is 1. The second-order valence-corrected chi connectivity index (χ2v) is 6.97. The molecule has 27 heavy (non-hydrogen) atoms. The summed E-state index contributed by atoms with van der Waals surface area (Å²) in [5, 5.41) is 21.6. The van der Waals surface area contributed by atoms with Gasteiger partial charge in [-0.3, -0.25) is 14.9 Å². The molecule has 1 fully saturated rings. The lowest BCUT2D eigenvalue weighted by atomic mass is 10.1. The quantitative estimate of drug-likeness (QED) is 0.484. The van der Waals surface area contributed by atoms with Crippen molar-refractivity contribution in [2.75, 3.05) is 0 Å². The van der Waals surface area contributed by atoms with Crippen LogP contribution in [0.1, 0.15) is 18.1 Å². The van der Waals surface area contributed by atoms with Crippen molar-refractivity contribution in [2.24, 2.45) is 10.2 Å². The second-order valence-electron chi connectivity index (χ2n) is 5.78. The van der Waals surface area contributed by atoms with Crippen molar-refractivity contribution < 1.29 is 14.1 Å². The molecule has 0 spiro atoms. The minimum Gasteiger partial charge on any atom is -0.303 e. The van der Waals surface area contributed by atoms with Crippen LogP contribution in [0.2, 0.25) is 0 Å². The van der Waals surface area contributed by atoms with Crippen molar-refractivity contribution in [3.05, 3.63) is 75.6 Å². The Labute approximate surface area is 158 Å². The number of nitro groups is 1. The van der Waals surface area contributed by atoms with Crippen LogP contribution in [0.15, 0.2) is 58.7 Å². The van der Waals surface area contributed by atoms with Gasteiger partial charge in [0, 0.05) is 18.1 Å². The van der Waals surface area contributed by atoms with Crippen LogP contribution in [0.5, 0.6) is 0 Å². The zero-order chi connectivity index (χ0) is 19.4. The maximum atomic E-state index is 13.0. The summed E-state index contributed by atoms with van der Waals surface area (Å²) < 4.78 is 13.0. The lowest BCUT2D eigenvalue weighted by Crippen LogP contribution is -2.26. The number of nitro benzene ring substituents is 1. The van der Waals surface area contributed by atoms with Crippen molar-refractivity contribution in [2.45, 2.75) is 18.6 Å². The van der Waals surface area contributed by atoms with Crippen molar-refractivity contribution >= 4 is 34.2 Å². The van der Waals surface area contributed by atoms with E-state index in [4.69, 9.17) is 0 Å². The number of hydrogen-bond acceptors (Lipinski definition) is 6. The Morgan fingerprint density at radius 1 is 1.26 bits per heavy atom. The highest BCUT2D eigenvalue weighted by Gasteiger charge is 2.32. The van der Waals surface area contributed by atoms with Gasteiger partial charge in [-0.15, -0.1) is 5.10 Å². The Kier molecular flexibility index (Phi) is 5.60. The van der Waals surface area contributed by atoms with Gasteiger partial charge in [0.05, 0.1) is 15.9 Å². The minimum atomic E-state index is -0.522. The second kappa shape index (κ2) is 8.09. The Morgan fingerprint density at radius 3 is 2.67 bits per heavy atom. The molecule has 138 valence electrons. The number of rotatable bonds is 5. The largest absolute Gasteiger partial charge is 0.303 e. The van der Waals surface area contributed by atoms with Crippen molar-refractivity contribution in [1.82, 2.24) is 5.32 Å². The average Bonchev–Trinajstić information content (AvgIpc) is 3.00. The molecule has 2 aromatic carbocycles. The predicted molar refractivity (Wildman–Crippen MR) is 102 cm³/mol. The van der Waals surface area contributed by atoms with Gasteiger partial charge in [-0.2, -0.15) is 5.10 Å². The number of nitrogens with one attached hydrogen (secondary N) is 1. The average molecular weight is 386 g/mol. The summed E-state index contributed by atoms with van der Waals surface area (Å²) in [6, 6.07) is 12.2. The van der Waals surface area contributed by atoms with E-state index in [-0.39, 0.29) is 23.8 Å². The molecule has 1 aliphatic heterocycles. The highest BCUT2D eigenvalue weighted by Crippen LogP contribution is 2.27. The third-order valence-electron chi connectivity index (χ3n) is 3.92. The van der Waals surface area contributed by atoms with Crippen LogP contribution in [-0.4, -0.2) is 27.0 Å². The number of amidine groups is 1. The molecule has 1 atom stereocenters. The highest BCUT2D eigenvalue weighted by molar-refractivity contribution is 8.15. The Morgan fingerprint density at radius 2 is 1.96 bits per heavy atom. The van der Waals surface area contributed by atoms with Crippen LogP contribution in [-0.2, 0) is 11.2 Å². The molecule has 0 unspecified atom stereocenters. The fraction of sp³-hybridized carbons (Fsp3) is 0.167. The smallest absolute Gasteiger partial charge is 0.272 e. The number of benzene rings is 2. The number of hydrogen-bond donors (Lipinski definition) is 1. The lowest BCUT2D eigenvalue weighted by molar-refractivity contribution is -0.385. The van der Waals surface area contributed by atoms with Crippen LogP contribution >= 0.6 is 11.8 Å². The van der Waals surface area contributed by atoms with Gasteiger partial charge in [0.1, 0.15) is 5.82 Å². The van der Waals surface area contributed by atoms with E-state index in [2.05, 4.69) is 15.5 Å². The van der Waals surface area contributed by atoms with E-state index >= 15 is 0 Å². The van der Waals surface area contributed by atoms with Gasteiger partial charge in [0.15, 0.2) is 5.17 Å². The maximum Gasteiger partial charge on any atom is 0.272 e. The van der Waals surface area contributed by atoms with Gasteiger partial charge >= 0.3 is 0 Å². The molecule has 0 radical (unpaired) electrons. The monoisotopic (exact) mass is 386 g/mol. The minimum absolute atomic E-state index is 0.0125. The SMILES string of the molecule is CC(=N/N=C1\NC(=O)[C@H](Cc2ccccc2[N+](=O)[O-])S1)c1ccc(F)cc1. The molecule has 0 saturated carbocycles.